The number of nitrogens with zero attached hydrogens (tertiary/aromatic N) is 1. The lowest BCUT2D eigenvalue weighted by Crippen LogP contribution is -2.36. The van der Waals surface area contributed by atoms with Crippen molar-refractivity contribution < 1.29 is 22.7 Å². The van der Waals surface area contributed by atoms with Crippen LogP contribution in [0.1, 0.15) is 35.2 Å². The number of benzene rings is 2. The third kappa shape index (κ3) is 4.54. The fraction of sp³-hybridized carbons (Fsp3) is 0.381. The molecule has 29 heavy (non-hydrogen) atoms. The van der Waals surface area contributed by atoms with Gasteiger partial charge in [-0.25, -0.2) is 8.42 Å². The largest absolute Gasteiger partial charge is 0.497 e. The van der Waals surface area contributed by atoms with Crippen LogP contribution >= 0.6 is 0 Å². The van der Waals surface area contributed by atoms with Crippen LogP contribution in [-0.2, 0) is 10.0 Å². The van der Waals surface area contributed by atoms with E-state index in [4.69, 9.17) is 9.47 Å². The Bertz CT molecular complexity index is 998. The highest BCUT2D eigenvalue weighted by molar-refractivity contribution is 7.89. The molecule has 0 saturated carbocycles. The normalized spacial score (nSPS) is 15.0. The van der Waals surface area contributed by atoms with Crippen LogP contribution in [0.15, 0.2) is 41.3 Å². The summed E-state index contributed by atoms with van der Waals surface area (Å²) in [6, 6.07) is 9.78. The molecule has 0 aliphatic carbocycles. The fourth-order valence-electron chi connectivity index (χ4n) is 3.36. The first-order valence-corrected chi connectivity index (χ1v) is 10.9. The summed E-state index contributed by atoms with van der Waals surface area (Å²) in [6.45, 7) is 2.77. The molecule has 1 fully saturated rings. The van der Waals surface area contributed by atoms with Gasteiger partial charge in [-0.2, -0.15) is 4.31 Å². The molecule has 1 N–H and O–H groups in total. The van der Waals surface area contributed by atoms with Crippen molar-refractivity contribution in [3.63, 3.8) is 0 Å². The van der Waals surface area contributed by atoms with E-state index >= 15 is 0 Å². The number of hydrogen-bond acceptors (Lipinski definition) is 5. The summed E-state index contributed by atoms with van der Waals surface area (Å²) >= 11 is 0. The SMILES string of the molecule is COc1ccc(NC(=O)c2ccc(C)c(S(=O)(=O)N3CCCCC3)c2)c(OC)c1. The minimum Gasteiger partial charge on any atom is -0.497 e. The maximum atomic E-state index is 13.1. The Morgan fingerprint density at radius 3 is 2.38 bits per heavy atom. The molecule has 8 heteroatoms. The zero-order chi connectivity index (χ0) is 21.0. The van der Waals surface area contributed by atoms with Crippen molar-refractivity contribution >= 4 is 21.6 Å². The van der Waals surface area contributed by atoms with Gasteiger partial charge in [0.15, 0.2) is 0 Å². The lowest BCUT2D eigenvalue weighted by molar-refractivity contribution is 0.102. The first kappa shape index (κ1) is 21.1. The number of piperidine rings is 1. The predicted octanol–water partition coefficient (Wildman–Crippen LogP) is 3.44. The number of aryl methyl sites for hydroxylation is 1. The lowest BCUT2D eigenvalue weighted by atomic mass is 10.1. The molecule has 156 valence electrons. The molecule has 0 unspecified atom stereocenters. The predicted molar refractivity (Wildman–Crippen MR) is 111 cm³/mol. The first-order chi connectivity index (χ1) is 13.9. The minimum absolute atomic E-state index is 0.175. The van der Waals surface area contributed by atoms with E-state index in [9.17, 15) is 13.2 Å². The van der Waals surface area contributed by atoms with Gasteiger partial charge in [-0.05, 0) is 49.6 Å². The van der Waals surface area contributed by atoms with Crippen LogP contribution in [-0.4, -0.2) is 45.9 Å². The molecule has 0 spiro atoms. The molecule has 2 aromatic rings. The molecule has 7 nitrogen and oxygen atoms in total. The van der Waals surface area contributed by atoms with Crippen molar-refractivity contribution in [2.75, 3.05) is 32.6 Å². The highest BCUT2D eigenvalue weighted by atomic mass is 32.2. The number of amides is 1. The highest BCUT2D eigenvalue weighted by Crippen LogP contribution is 2.30. The zero-order valence-electron chi connectivity index (χ0n) is 16.9. The van der Waals surface area contributed by atoms with E-state index in [0.717, 1.165) is 19.3 Å². The number of sulfonamides is 1. The van der Waals surface area contributed by atoms with E-state index in [1.807, 2.05) is 0 Å². The molecule has 3 rings (SSSR count). The van der Waals surface area contributed by atoms with Crippen LogP contribution in [0, 0.1) is 6.92 Å². The van der Waals surface area contributed by atoms with E-state index in [2.05, 4.69) is 5.32 Å². The van der Waals surface area contributed by atoms with Crippen LogP contribution in [0.25, 0.3) is 0 Å². The Hall–Kier alpha value is -2.58. The van der Waals surface area contributed by atoms with Crippen molar-refractivity contribution in [1.29, 1.82) is 0 Å². The summed E-state index contributed by atoms with van der Waals surface area (Å²) in [5, 5.41) is 2.78. The standard InChI is InChI=1S/C21H26N2O5S/c1-15-7-8-16(13-20(15)29(25,26)23-11-5-4-6-12-23)21(24)22-18-10-9-17(27-2)14-19(18)28-3/h7-10,13-14H,4-6,11-12H2,1-3H3,(H,22,24). The van der Waals surface area contributed by atoms with E-state index < -0.39 is 15.9 Å². The minimum atomic E-state index is -3.63. The van der Waals surface area contributed by atoms with E-state index in [0.29, 0.717) is 35.8 Å². The summed E-state index contributed by atoms with van der Waals surface area (Å²) < 4.78 is 38.1. The number of methoxy groups -OCH3 is 2. The zero-order valence-corrected chi connectivity index (χ0v) is 17.7. The van der Waals surface area contributed by atoms with Gasteiger partial charge >= 0.3 is 0 Å². The topological polar surface area (TPSA) is 84.9 Å². The molecule has 0 aromatic heterocycles. The number of carbonyl (C=O) groups excluding carboxylic acids is 1. The van der Waals surface area contributed by atoms with Crippen LogP contribution in [0.5, 0.6) is 11.5 Å². The van der Waals surface area contributed by atoms with Crippen LogP contribution < -0.4 is 14.8 Å². The number of rotatable bonds is 6. The van der Waals surface area contributed by atoms with E-state index in [-0.39, 0.29) is 10.5 Å². The molecule has 1 aliphatic rings. The molecule has 0 bridgehead atoms. The molecule has 1 aliphatic heterocycles. The van der Waals surface area contributed by atoms with Gasteiger partial charge in [0.25, 0.3) is 5.91 Å². The van der Waals surface area contributed by atoms with Crippen molar-refractivity contribution in [2.45, 2.75) is 31.1 Å². The maximum absolute atomic E-state index is 13.1. The smallest absolute Gasteiger partial charge is 0.255 e. The van der Waals surface area contributed by atoms with Gasteiger partial charge in [0.05, 0.1) is 24.8 Å². The average molecular weight is 419 g/mol. The number of carbonyl (C=O) groups is 1. The quantitative estimate of drug-likeness (QED) is 0.777. The molecule has 1 amide bonds. The fourth-order valence-corrected chi connectivity index (χ4v) is 5.13. The first-order valence-electron chi connectivity index (χ1n) is 9.51. The van der Waals surface area contributed by atoms with Gasteiger partial charge in [0.2, 0.25) is 10.0 Å². The van der Waals surface area contributed by atoms with E-state index in [1.54, 1.807) is 44.4 Å². The molecule has 0 radical (unpaired) electrons. The molecule has 1 saturated heterocycles. The van der Waals surface area contributed by atoms with Gasteiger partial charge in [0, 0.05) is 24.7 Å². The Morgan fingerprint density at radius 2 is 1.72 bits per heavy atom. The van der Waals surface area contributed by atoms with Crippen molar-refractivity contribution in [3.8, 4) is 11.5 Å². The average Bonchev–Trinajstić information content (AvgIpc) is 2.74. The number of anilines is 1. The van der Waals surface area contributed by atoms with Gasteiger partial charge in [-0.1, -0.05) is 12.5 Å². The van der Waals surface area contributed by atoms with E-state index in [1.165, 1.54) is 17.5 Å². The molecule has 2 aromatic carbocycles. The van der Waals surface area contributed by atoms with Crippen molar-refractivity contribution in [2.24, 2.45) is 0 Å². The Kier molecular flexibility index (Phi) is 6.44. The summed E-state index contributed by atoms with van der Waals surface area (Å²) in [4.78, 5) is 13.0. The number of ether oxygens (including phenoxy) is 2. The third-order valence-corrected chi connectivity index (χ3v) is 7.08. The van der Waals surface area contributed by atoms with Crippen LogP contribution in [0.3, 0.4) is 0 Å². The summed E-state index contributed by atoms with van der Waals surface area (Å²) in [5.74, 6) is 0.639. The third-order valence-electron chi connectivity index (χ3n) is 5.04. The van der Waals surface area contributed by atoms with Crippen LogP contribution in [0.2, 0.25) is 0 Å². The van der Waals surface area contributed by atoms with Crippen molar-refractivity contribution in [3.05, 3.63) is 47.5 Å². The Balaban J connectivity index is 1.88. The lowest BCUT2D eigenvalue weighted by Gasteiger charge is -2.26. The summed E-state index contributed by atoms with van der Waals surface area (Å²) in [7, 11) is -0.586. The summed E-state index contributed by atoms with van der Waals surface area (Å²) in [6.07, 6.45) is 2.75. The highest BCUT2D eigenvalue weighted by Gasteiger charge is 2.28. The Morgan fingerprint density at radius 1 is 1.00 bits per heavy atom. The van der Waals surface area contributed by atoms with Gasteiger partial charge in [0.1, 0.15) is 11.5 Å². The molecular weight excluding hydrogens is 392 g/mol. The molecule has 1 heterocycles. The maximum Gasteiger partial charge on any atom is 0.255 e. The van der Waals surface area contributed by atoms with Crippen molar-refractivity contribution in [1.82, 2.24) is 4.31 Å². The second-order valence-corrected chi connectivity index (χ2v) is 8.87. The van der Waals surface area contributed by atoms with Gasteiger partial charge in [-0.15, -0.1) is 0 Å². The second kappa shape index (κ2) is 8.84. The summed E-state index contributed by atoms with van der Waals surface area (Å²) in [5.41, 5.74) is 1.36. The number of nitrogens with one attached hydrogen (secondary N) is 1. The Labute approximate surface area is 171 Å². The van der Waals surface area contributed by atoms with Crippen LogP contribution in [0.4, 0.5) is 5.69 Å². The van der Waals surface area contributed by atoms with Gasteiger partial charge in [-0.3, -0.25) is 4.79 Å². The second-order valence-electron chi connectivity index (χ2n) is 6.97. The number of hydrogen-bond donors (Lipinski definition) is 1. The molecule has 0 atom stereocenters. The molecular formula is C21H26N2O5S. The van der Waals surface area contributed by atoms with Gasteiger partial charge < -0.3 is 14.8 Å². The monoisotopic (exact) mass is 418 g/mol.